The summed E-state index contributed by atoms with van der Waals surface area (Å²) in [5, 5.41) is 3.28. The molecule has 142 valence electrons. The van der Waals surface area contributed by atoms with Gasteiger partial charge < -0.3 is 16.8 Å². The van der Waals surface area contributed by atoms with Gasteiger partial charge in [-0.1, -0.05) is 18.7 Å². The lowest BCUT2D eigenvalue weighted by atomic mass is 9.91. The van der Waals surface area contributed by atoms with E-state index in [1.807, 2.05) is 44.3 Å². The molecule has 1 unspecified atom stereocenters. The highest BCUT2D eigenvalue weighted by Gasteiger charge is 2.18. The molecule has 1 heterocycles. The number of aliphatic imine (C=N–C) groups is 1. The molecule has 27 heavy (non-hydrogen) atoms. The largest absolute Gasteiger partial charge is 0.402 e. The van der Waals surface area contributed by atoms with Crippen molar-refractivity contribution >= 4 is 12.0 Å². The van der Waals surface area contributed by atoms with Crippen LogP contribution in [-0.4, -0.2) is 24.6 Å². The van der Waals surface area contributed by atoms with E-state index in [1.165, 1.54) is 0 Å². The Labute approximate surface area is 161 Å². The number of hydrogen-bond acceptors (Lipinski definition) is 5. The van der Waals surface area contributed by atoms with Crippen molar-refractivity contribution in [1.29, 1.82) is 0 Å². The summed E-state index contributed by atoms with van der Waals surface area (Å²) in [6.07, 6.45) is 9.66. The smallest absolute Gasteiger partial charge is 0.150 e. The first-order valence-corrected chi connectivity index (χ1v) is 8.97. The summed E-state index contributed by atoms with van der Waals surface area (Å²) >= 11 is 0. The molecule has 1 aromatic rings. The standard InChI is InChI=1S/C22H28N4O/c1-14-11-18(13-27)12-20(15(14)2)22(21(16(3)23)17(4)24)26-10-8-19-7-5-6-9-25-19/h5-7,9,11-13,19,25H,3,8,10,23-24H2,1-2,4H3. The number of hydrogen-bond donors (Lipinski definition) is 3. The first-order valence-electron chi connectivity index (χ1n) is 8.97. The van der Waals surface area contributed by atoms with Crippen LogP contribution >= 0.6 is 0 Å². The summed E-state index contributed by atoms with van der Waals surface area (Å²) < 4.78 is 0. The highest BCUT2D eigenvalue weighted by Crippen LogP contribution is 2.23. The van der Waals surface area contributed by atoms with Crippen molar-refractivity contribution in [1.82, 2.24) is 5.32 Å². The molecule has 1 atom stereocenters. The lowest BCUT2D eigenvalue weighted by Gasteiger charge is -2.19. The van der Waals surface area contributed by atoms with Gasteiger partial charge in [-0.2, -0.15) is 0 Å². The molecular weight excluding hydrogens is 336 g/mol. The molecule has 1 aromatic carbocycles. The van der Waals surface area contributed by atoms with Crippen LogP contribution in [0.3, 0.4) is 0 Å². The zero-order chi connectivity index (χ0) is 20.0. The summed E-state index contributed by atoms with van der Waals surface area (Å²) in [6, 6.07) is 3.93. The minimum Gasteiger partial charge on any atom is -0.402 e. The van der Waals surface area contributed by atoms with E-state index in [9.17, 15) is 4.79 Å². The van der Waals surface area contributed by atoms with Crippen LogP contribution in [0.1, 0.15) is 40.4 Å². The van der Waals surface area contributed by atoms with Crippen molar-refractivity contribution in [3.8, 4) is 0 Å². The molecule has 5 heteroatoms. The van der Waals surface area contributed by atoms with Gasteiger partial charge in [-0.15, -0.1) is 0 Å². The first kappa shape index (κ1) is 20.2. The Kier molecular flexibility index (Phi) is 6.77. The van der Waals surface area contributed by atoms with Gasteiger partial charge in [0.05, 0.1) is 5.71 Å². The zero-order valence-electron chi connectivity index (χ0n) is 16.3. The zero-order valence-corrected chi connectivity index (χ0v) is 16.3. The predicted octanol–water partition coefficient (Wildman–Crippen LogP) is 3.04. The minimum atomic E-state index is 0.233. The highest BCUT2D eigenvalue weighted by atomic mass is 16.1. The minimum absolute atomic E-state index is 0.233. The van der Waals surface area contributed by atoms with Gasteiger partial charge in [0.25, 0.3) is 0 Å². The summed E-state index contributed by atoms with van der Waals surface area (Å²) in [4.78, 5) is 16.2. The van der Waals surface area contributed by atoms with Gasteiger partial charge in [0.2, 0.25) is 0 Å². The maximum atomic E-state index is 11.4. The van der Waals surface area contributed by atoms with Crippen molar-refractivity contribution in [3.05, 3.63) is 82.4 Å². The van der Waals surface area contributed by atoms with Gasteiger partial charge in [-0.25, -0.2) is 0 Å². The van der Waals surface area contributed by atoms with Crippen molar-refractivity contribution in [2.24, 2.45) is 16.5 Å². The number of nitrogens with zero attached hydrogens (tertiary/aromatic N) is 1. The van der Waals surface area contributed by atoms with Gasteiger partial charge in [0.15, 0.2) is 0 Å². The Balaban J connectivity index is 2.49. The van der Waals surface area contributed by atoms with Crippen molar-refractivity contribution in [3.63, 3.8) is 0 Å². The van der Waals surface area contributed by atoms with Crippen molar-refractivity contribution in [2.75, 3.05) is 6.54 Å². The van der Waals surface area contributed by atoms with E-state index >= 15 is 0 Å². The molecule has 0 fully saturated rings. The third-order valence-corrected chi connectivity index (χ3v) is 4.60. The Morgan fingerprint density at radius 1 is 1.30 bits per heavy atom. The molecule has 0 spiro atoms. The number of benzene rings is 1. The van der Waals surface area contributed by atoms with E-state index in [2.05, 4.69) is 18.0 Å². The molecule has 0 amide bonds. The van der Waals surface area contributed by atoms with E-state index in [-0.39, 0.29) is 6.04 Å². The molecule has 0 radical (unpaired) electrons. The van der Waals surface area contributed by atoms with Crippen molar-refractivity contribution < 1.29 is 4.79 Å². The molecular formula is C22H28N4O. The summed E-state index contributed by atoms with van der Waals surface area (Å²) in [7, 11) is 0. The van der Waals surface area contributed by atoms with Gasteiger partial charge in [0, 0.05) is 40.7 Å². The van der Waals surface area contributed by atoms with Crippen LogP contribution in [0.15, 0.2) is 65.1 Å². The third kappa shape index (κ3) is 4.97. The molecule has 1 aliphatic rings. The average molecular weight is 364 g/mol. The lowest BCUT2D eigenvalue weighted by molar-refractivity contribution is 0.112. The Morgan fingerprint density at radius 2 is 2.04 bits per heavy atom. The van der Waals surface area contributed by atoms with E-state index < -0.39 is 0 Å². The monoisotopic (exact) mass is 364 g/mol. The van der Waals surface area contributed by atoms with Crippen LogP contribution in [0.25, 0.3) is 0 Å². The second-order valence-corrected chi connectivity index (χ2v) is 6.75. The molecule has 5 nitrogen and oxygen atoms in total. The lowest BCUT2D eigenvalue weighted by Crippen LogP contribution is -2.25. The maximum Gasteiger partial charge on any atom is 0.150 e. The van der Waals surface area contributed by atoms with Gasteiger partial charge >= 0.3 is 0 Å². The number of rotatable bonds is 7. The van der Waals surface area contributed by atoms with E-state index in [0.29, 0.717) is 34.8 Å². The number of nitrogens with two attached hydrogens (primary N) is 2. The number of allylic oxidation sites excluding steroid dienone is 4. The molecule has 5 N–H and O–H groups in total. The Morgan fingerprint density at radius 3 is 2.59 bits per heavy atom. The molecule has 0 aromatic heterocycles. The summed E-state index contributed by atoms with van der Waals surface area (Å²) in [5.74, 6) is 0. The van der Waals surface area contributed by atoms with E-state index in [4.69, 9.17) is 16.5 Å². The van der Waals surface area contributed by atoms with E-state index in [1.54, 1.807) is 6.92 Å². The second kappa shape index (κ2) is 9.03. The first-order chi connectivity index (χ1) is 12.8. The maximum absolute atomic E-state index is 11.4. The van der Waals surface area contributed by atoms with Gasteiger partial charge in [-0.05, 0) is 62.7 Å². The van der Waals surface area contributed by atoms with Crippen LogP contribution in [0.4, 0.5) is 0 Å². The van der Waals surface area contributed by atoms with Crippen LogP contribution in [0, 0.1) is 13.8 Å². The molecule has 0 aliphatic carbocycles. The van der Waals surface area contributed by atoms with Gasteiger partial charge in [0.1, 0.15) is 6.29 Å². The normalized spacial score (nSPS) is 17.3. The number of aryl methyl sites for hydroxylation is 1. The Hall–Kier alpha value is -3.08. The summed E-state index contributed by atoms with van der Waals surface area (Å²) in [5.41, 5.74) is 17.9. The van der Waals surface area contributed by atoms with Crippen LogP contribution in [0.5, 0.6) is 0 Å². The number of aldehydes is 1. The molecule has 0 saturated carbocycles. The molecule has 1 aliphatic heterocycles. The SMILES string of the molecule is C=C(N)C(C(=NCCC1C=CC=CN1)c1cc(C=O)cc(C)c1C)=C(C)N. The van der Waals surface area contributed by atoms with E-state index in [0.717, 1.165) is 29.4 Å². The van der Waals surface area contributed by atoms with Crippen LogP contribution in [-0.2, 0) is 0 Å². The fourth-order valence-corrected chi connectivity index (χ4v) is 3.08. The quantitative estimate of drug-likeness (QED) is 0.394. The Bertz CT molecular complexity index is 855. The number of carbonyl (C=O) groups excluding carboxylic acids is 1. The fourth-order valence-electron chi connectivity index (χ4n) is 3.08. The highest BCUT2D eigenvalue weighted by molar-refractivity contribution is 6.16. The topological polar surface area (TPSA) is 93.5 Å². The van der Waals surface area contributed by atoms with Crippen LogP contribution < -0.4 is 16.8 Å². The number of dihydropyridines is 1. The van der Waals surface area contributed by atoms with Crippen LogP contribution in [0.2, 0.25) is 0 Å². The molecule has 0 bridgehead atoms. The number of nitrogens with one attached hydrogen (secondary N) is 1. The van der Waals surface area contributed by atoms with Gasteiger partial charge in [-0.3, -0.25) is 9.79 Å². The van der Waals surface area contributed by atoms with Crippen molar-refractivity contribution in [2.45, 2.75) is 33.2 Å². The average Bonchev–Trinajstić information content (AvgIpc) is 2.63. The number of carbonyl (C=O) groups is 1. The molecule has 0 saturated heterocycles. The molecule has 2 rings (SSSR count). The summed E-state index contributed by atoms with van der Waals surface area (Å²) in [6.45, 7) is 10.2. The fraction of sp³-hybridized carbons (Fsp3) is 0.273. The predicted molar refractivity (Wildman–Crippen MR) is 113 cm³/mol. The second-order valence-electron chi connectivity index (χ2n) is 6.75. The third-order valence-electron chi connectivity index (χ3n) is 4.60.